The first-order chi connectivity index (χ1) is 15.6. The number of nitrogens with one attached hydrogen (secondary N) is 1. The maximum atomic E-state index is 11.1. The molecule has 1 saturated heterocycles. The van der Waals surface area contributed by atoms with Crippen molar-refractivity contribution in [1.29, 1.82) is 0 Å². The predicted molar refractivity (Wildman–Crippen MR) is 121 cm³/mol. The quantitative estimate of drug-likeness (QED) is 0.466. The van der Waals surface area contributed by atoms with Crippen molar-refractivity contribution < 1.29 is 9.53 Å². The number of rotatable bonds is 7. The van der Waals surface area contributed by atoms with Gasteiger partial charge in [-0.2, -0.15) is 5.10 Å². The van der Waals surface area contributed by atoms with Crippen LogP contribution in [0.5, 0.6) is 11.6 Å². The van der Waals surface area contributed by atoms with E-state index in [9.17, 15) is 4.79 Å². The summed E-state index contributed by atoms with van der Waals surface area (Å²) >= 11 is 0. The molecule has 0 aliphatic carbocycles. The summed E-state index contributed by atoms with van der Waals surface area (Å²) in [6.07, 6.45) is 6.85. The molecular formula is C24H24N6O2. The van der Waals surface area contributed by atoms with Crippen LogP contribution in [-0.4, -0.2) is 44.1 Å². The molecule has 1 aliphatic heterocycles. The Morgan fingerprint density at radius 1 is 1.16 bits per heavy atom. The van der Waals surface area contributed by atoms with Gasteiger partial charge in [0.1, 0.15) is 5.75 Å². The highest BCUT2D eigenvalue weighted by Gasteiger charge is 2.23. The molecular weight excluding hydrogens is 404 g/mol. The number of pyridine rings is 2. The molecule has 0 radical (unpaired) electrons. The van der Waals surface area contributed by atoms with Crippen molar-refractivity contribution in [2.75, 3.05) is 13.1 Å². The Bertz CT molecular complexity index is 1220. The van der Waals surface area contributed by atoms with Crippen LogP contribution in [-0.2, 0) is 11.3 Å². The average molecular weight is 428 g/mol. The maximum absolute atomic E-state index is 11.1. The molecule has 0 unspecified atom stereocenters. The van der Waals surface area contributed by atoms with Crippen LogP contribution in [0.1, 0.15) is 18.4 Å². The Kier molecular flexibility index (Phi) is 5.51. The predicted octanol–water partition coefficient (Wildman–Crippen LogP) is 3.51. The first-order valence-corrected chi connectivity index (χ1v) is 10.7. The van der Waals surface area contributed by atoms with Gasteiger partial charge in [-0.05, 0) is 54.8 Å². The number of aromatic amines is 1. The number of hydrogen-bond donors (Lipinski definition) is 2. The summed E-state index contributed by atoms with van der Waals surface area (Å²) in [4.78, 5) is 22.5. The van der Waals surface area contributed by atoms with E-state index in [0.717, 1.165) is 53.8 Å². The van der Waals surface area contributed by atoms with Gasteiger partial charge in [0.2, 0.25) is 11.8 Å². The molecule has 0 bridgehead atoms. The van der Waals surface area contributed by atoms with Gasteiger partial charge in [-0.1, -0.05) is 0 Å². The second-order valence-corrected chi connectivity index (χ2v) is 8.22. The van der Waals surface area contributed by atoms with Crippen LogP contribution in [0.15, 0.2) is 61.1 Å². The fourth-order valence-electron chi connectivity index (χ4n) is 4.20. The normalized spacial score (nSPS) is 16.4. The molecule has 4 heterocycles. The van der Waals surface area contributed by atoms with Gasteiger partial charge >= 0.3 is 0 Å². The number of ether oxygens (including phenoxy) is 1. The average Bonchev–Trinajstić information content (AvgIpc) is 3.47. The van der Waals surface area contributed by atoms with E-state index in [2.05, 4.69) is 31.1 Å². The van der Waals surface area contributed by atoms with Gasteiger partial charge in [-0.15, -0.1) is 0 Å². The lowest BCUT2D eigenvalue weighted by molar-refractivity contribution is -0.118. The molecule has 1 atom stereocenters. The van der Waals surface area contributed by atoms with Crippen molar-refractivity contribution in [2.24, 2.45) is 11.7 Å². The summed E-state index contributed by atoms with van der Waals surface area (Å²) < 4.78 is 5.92. The van der Waals surface area contributed by atoms with E-state index < -0.39 is 0 Å². The van der Waals surface area contributed by atoms with Crippen LogP contribution < -0.4 is 10.5 Å². The molecule has 32 heavy (non-hydrogen) atoms. The summed E-state index contributed by atoms with van der Waals surface area (Å²) in [5, 5.41) is 7.93. The lowest BCUT2D eigenvalue weighted by atomic mass is 10.1. The van der Waals surface area contributed by atoms with E-state index in [4.69, 9.17) is 10.5 Å². The van der Waals surface area contributed by atoms with Gasteiger partial charge in [0.05, 0.1) is 11.2 Å². The fourth-order valence-corrected chi connectivity index (χ4v) is 4.20. The summed E-state index contributed by atoms with van der Waals surface area (Å²) in [6.45, 7) is 2.71. The highest BCUT2D eigenvalue weighted by Crippen LogP contribution is 2.27. The van der Waals surface area contributed by atoms with Crippen molar-refractivity contribution in [1.82, 2.24) is 25.1 Å². The van der Waals surface area contributed by atoms with E-state index in [1.54, 1.807) is 12.4 Å². The van der Waals surface area contributed by atoms with Crippen molar-refractivity contribution in [2.45, 2.75) is 19.4 Å². The first-order valence-electron chi connectivity index (χ1n) is 10.7. The van der Waals surface area contributed by atoms with Crippen molar-refractivity contribution >= 4 is 16.8 Å². The minimum absolute atomic E-state index is 0.216. The minimum atomic E-state index is -0.216. The third kappa shape index (κ3) is 4.60. The second kappa shape index (κ2) is 8.76. The summed E-state index contributed by atoms with van der Waals surface area (Å²) in [6, 6.07) is 13.7. The molecule has 162 valence electrons. The van der Waals surface area contributed by atoms with Gasteiger partial charge < -0.3 is 10.5 Å². The van der Waals surface area contributed by atoms with Crippen LogP contribution >= 0.6 is 0 Å². The number of carbonyl (C=O) groups is 1. The smallest absolute Gasteiger partial charge is 0.219 e. The second-order valence-electron chi connectivity index (χ2n) is 8.22. The zero-order valence-corrected chi connectivity index (χ0v) is 17.6. The monoisotopic (exact) mass is 428 g/mol. The van der Waals surface area contributed by atoms with Crippen LogP contribution in [0.4, 0.5) is 0 Å². The molecule has 3 aromatic heterocycles. The summed E-state index contributed by atoms with van der Waals surface area (Å²) in [7, 11) is 0. The number of nitrogens with two attached hydrogens (primary N) is 1. The summed E-state index contributed by atoms with van der Waals surface area (Å²) in [5.74, 6) is 1.35. The zero-order chi connectivity index (χ0) is 21.9. The topological polar surface area (TPSA) is 110 Å². The molecule has 8 heteroatoms. The Morgan fingerprint density at radius 3 is 2.88 bits per heavy atom. The molecule has 4 aromatic rings. The maximum Gasteiger partial charge on any atom is 0.219 e. The van der Waals surface area contributed by atoms with Gasteiger partial charge in [-0.3, -0.25) is 19.8 Å². The lowest BCUT2D eigenvalue weighted by Gasteiger charge is -2.16. The number of H-pyrrole nitrogens is 1. The number of benzene rings is 1. The number of fused-ring (bicyclic) bond motifs is 1. The molecule has 0 spiro atoms. The van der Waals surface area contributed by atoms with E-state index in [1.165, 1.54) is 0 Å². The molecule has 1 aliphatic rings. The molecule has 5 rings (SSSR count). The zero-order valence-electron chi connectivity index (χ0n) is 17.6. The number of hydrogen-bond acceptors (Lipinski definition) is 6. The lowest BCUT2D eigenvalue weighted by Crippen LogP contribution is -2.22. The number of likely N-dealkylation sites (tertiary alicyclic amines) is 1. The Balaban J connectivity index is 1.24. The standard InChI is InChI=1S/C24H24N6O2/c25-23(31)10-16-6-8-30(14-16)15-17-9-18-1-3-20(11-22(18)26-12-17)32-24-4-2-19(13-27-24)21-5-7-28-29-21/h1-5,7,9,11-13,16H,6,8,10,14-15H2,(H2,25,31)(H,28,29)/t16-/m1/s1. The fraction of sp³-hybridized carbons (Fsp3) is 0.250. The SMILES string of the molecule is NC(=O)C[C@H]1CCN(Cc2cnc3cc(Oc4ccc(-c5ccn[nH]5)cn4)ccc3c2)C1. The van der Waals surface area contributed by atoms with Crippen LogP contribution in [0.2, 0.25) is 0 Å². The third-order valence-electron chi connectivity index (χ3n) is 5.75. The third-order valence-corrected chi connectivity index (χ3v) is 5.75. The first kappa shape index (κ1) is 20.1. The van der Waals surface area contributed by atoms with E-state index in [1.807, 2.05) is 42.6 Å². The number of carbonyl (C=O) groups excluding carboxylic acids is 1. The molecule has 8 nitrogen and oxygen atoms in total. The Hall–Kier alpha value is -3.78. The molecule has 1 amide bonds. The Morgan fingerprint density at radius 2 is 2.09 bits per heavy atom. The van der Waals surface area contributed by atoms with Crippen LogP contribution in [0.25, 0.3) is 22.2 Å². The highest BCUT2D eigenvalue weighted by molar-refractivity contribution is 5.80. The molecule has 0 saturated carbocycles. The van der Waals surface area contributed by atoms with Gasteiger partial charge in [0.15, 0.2) is 0 Å². The number of primary amides is 1. The Labute approximate surface area is 185 Å². The van der Waals surface area contributed by atoms with Gasteiger partial charge in [0, 0.05) is 61.2 Å². The van der Waals surface area contributed by atoms with E-state index in [-0.39, 0.29) is 5.91 Å². The number of amides is 1. The highest BCUT2D eigenvalue weighted by atomic mass is 16.5. The van der Waals surface area contributed by atoms with Crippen LogP contribution in [0.3, 0.4) is 0 Å². The summed E-state index contributed by atoms with van der Waals surface area (Å²) in [5.41, 5.74) is 9.21. The molecule has 1 aromatic carbocycles. The number of nitrogens with zero attached hydrogens (tertiary/aromatic N) is 4. The van der Waals surface area contributed by atoms with Gasteiger partial charge in [-0.25, -0.2) is 4.98 Å². The largest absolute Gasteiger partial charge is 0.439 e. The minimum Gasteiger partial charge on any atom is -0.439 e. The van der Waals surface area contributed by atoms with Crippen molar-refractivity contribution in [3.8, 4) is 22.9 Å². The van der Waals surface area contributed by atoms with Crippen molar-refractivity contribution in [3.05, 3.63) is 66.6 Å². The van der Waals surface area contributed by atoms with E-state index >= 15 is 0 Å². The number of aromatic nitrogens is 4. The van der Waals surface area contributed by atoms with Crippen molar-refractivity contribution in [3.63, 3.8) is 0 Å². The molecule has 1 fully saturated rings. The molecule has 3 N–H and O–H groups in total. The van der Waals surface area contributed by atoms with E-state index in [0.29, 0.717) is 24.0 Å². The van der Waals surface area contributed by atoms with Crippen LogP contribution in [0, 0.1) is 5.92 Å². The van der Waals surface area contributed by atoms with Gasteiger partial charge in [0.25, 0.3) is 0 Å².